The van der Waals surface area contributed by atoms with Gasteiger partial charge in [-0.1, -0.05) is 23.7 Å². The van der Waals surface area contributed by atoms with E-state index in [0.717, 1.165) is 27.8 Å². The second-order valence-corrected chi connectivity index (χ2v) is 12.0. The largest absolute Gasteiger partial charge is 0.493 e. The first kappa shape index (κ1) is 30.8. The number of ether oxygens (including phenoxy) is 5. The topological polar surface area (TPSA) is 93.5 Å². The van der Waals surface area contributed by atoms with Gasteiger partial charge in [0, 0.05) is 23.2 Å². The van der Waals surface area contributed by atoms with Gasteiger partial charge in [-0.05, 0) is 90.2 Å². The summed E-state index contributed by atoms with van der Waals surface area (Å²) in [4.78, 5) is 17.6. The number of methoxy groups -OCH3 is 4. The molecule has 1 saturated heterocycles. The average Bonchev–Trinajstić information content (AvgIpc) is 3.05. The number of carbonyl (C=O) groups excluding carboxylic acids is 1. The summed E-state index contributed by atoms with van der Waals surface area (Å²) in [7, 11) is 8.59. The molecule has 1 fully saturated rings. The summed E-state index contributed by atoms with van der Waals surface area (Å²) in [6.45, 7) is 0.0584. The Balaban J connectivity index is 1.41. The van der Waals surface area contributed by atoms with E-state index in [2.05, 4.69) is 29.0 Å². The highest BCUT2D eigenvalue weighted by atomic mass is 35.5. The monoisotopic (exact) mass is 629 g/mol. The van der Waals surface area contributed by atoms with E-state index in [1.807, 2.05) is 30.3 Å². The third-order valence-electron chi connectivity index (χ3n) is 9.38. The summed E-state index contributed by atoms with van der Waals surface area (Å²) in [5, 5.41) is 11.3. The second-order valence-electron chi connectivity index (χ2n) is 11.5. The molecule has 0 aromatic heterocycles. The zero-order valence-corrected chi connectivity index (χ0v) is 26.7. The number of benzene rings is 3. The van der Waals surface area contributed by atoms with E-state index in [0.29, 0.717) is 40.9 Å². The molecule has 10 heteroatoms. The van der Waals surface area contributed by atoms with Crippen molar-refractivity contribution >= 4 is 23.6 Å². The summed E-state index contributed by atoms with van der Waals surface area (Å²) < 4.78 is 28.6. The van der Waals surface area contributed by atoms with Crippen LogP contribution in [0.15, 0.2) is 54.6 Å². The quantitative estimate of drug-likeness (QED) is 0.240. The summed E-state index contributed by atoms with van der Waals surface area (Å²) in [5.41, 5.74) is 5.13. The molecular weight excluding hydrogens is 594 g/mol. The zero-order chi connectivity index (χ0) is 31.8. The highest BCUT2D eigenvalue weighted by Crippen LogP contribution is 2.52. The smallest absolute Gasteiger partial charge is 0.330 e. The molecule has 5 atom stereocenters. The van der Waals surface area contributed by atoms with Gasteiger partial charge < -0.3 is 23.7 Å². The Bertz CT molecular complexity index is 1670. The number of hydrogen-bond donors (Lipinski definition) is 0. The molecule has 45 heavy (non-hydrogen) atoms. The van der Waals surface area contributed by atoms with Crippen LogP contribution in [0.25, 0.3) is 6.08 Å². The number of rotatable bonds is 8. The first-order valence-corrected chi connectivity index (χ1v) is 15.2. The Morgan fingerprint density at radius 2 is 1.44 bits per heavy atom. The van der Waals surface area contributed by atoms with Crippen LogP contribution in [0.5, 0.6) is 23.0 Å². The van der Waals surface area contributed by atoms with Crippen molar-refractivity contribution in [1.29, 1.82) is 5.26 Å². The van der Waals surface area contributed by atoms with Gasteiger partial charge in [0.15, 0.2) is 23.0 Å². The number of nitriles is 1. The number of nitrogens with zero attached hydrogens (tertiary/aromatic N) is 3. The maximum absolute atomic E-state index is 13.0. The molecule has 2 bridgehead atoms. The predicted molar refractivity (Wildman–Crippen MR) is 170 cm³/mol. The van der Waals surface area contributed by atoms with E-state index in [-0.39, 0.29) is 24.7 Å². The van der Waals surface area contributed by atoms with Crippen LogP contribution in [0.1, 0.15) is 39.9 Å². The lowest BCUT2D eigenvalue weighted by atomic mass is 9.72. The lowest BCUT2D eigenvalue weighted by Gasteiger charge is -2.59. The van der Waals surface area contributed by atoms with Crippen molar-refractivity contribution in [3.8, 4) is 29.1 Å². The molecule has 6 rings (SSSR count). The predicted octanol–water partition coefficient (Wildman–Crippen LogP) is 5.40. The Morgan fingerprint density at radius 1 is 0.889 bits per heavy atom. The fourth-order valence-corrected chi connectivity index (χ4v) is 7.42. The van der Waals surface area contributed by atoms with Crippen molar-refractivity contribution in [2.75, 3.05) is 42.1 Å². The molecule has 3 aliphatic heterocycles. The van der Waals surface area contributed by atoms with Crippen LogP contribution < -0.4 is 18.9 Å². The van der Waals surface area contributed by atoms with Gasteiger partial charge >= 0.3 is 5.97 Å². The molecule has 3 aromatic carbocycles. The fourth-order valence-electron chi connectivity index (χ4n) is 7.29. The molecule has 0 spiro atoms. The van der Waals surface area contributed by atoms with Crippen LogP contribution in [0.3, 0.4) is 0 Å². The van der Waals surface area contributed by atoms with Crippen LogP contribution >= 0.6 is 11.6 Å². The normalized spacial score (nSPS) is 23.7. The maximum Gasteiger partial charge on any atom is 0.330 e. The minimum atomic E-state index is -0.473. The summed E-state index contributed by atoms with van der Waals surface area (Å²) in [6.07, 6.45) is 4.43. The van der Waals surface area contributed by atoms with Crippen molar-refractivity contribution in [3.63, 3.8) is 0 Å². The second kappa shape index (κ2) is 12.6. The van der Waals surface area contributed by atoms with Gasteiger partial charge in [-0.25, -0.2) is 4.79 Å². The molecular formula is C35H36ClN3O6. The van der Waals surface area contributed by atoms with Gasteiger partial charge in [-0.2, -0.15) is 5.26 Å². The first-order valence-electron chi connectivity index (χ1n) is 14.8. The van der Waals surface area contributed by atoms with Gasteiger partial charge in [-0.3, -0.25) is 9.80 Å². The van der Waals surface area contributed by atoms with E-state index >= 15 is 0 Å². The van der Waals surface area contributed by atoms with Gasteiger partial charge in [0.1, 0.15) is 12.6 Å². The van der Waals surface area contributed by atoms with Gasteiger partial charge in [0.25, 0.3) is 0 Å². The summed E-state index contributed by atoms with van der Waals surface area (Å²) in [6, 6.07) is 16.8. The van der Waals surface area contributed by atoms with Crippen molar-refractivity contribution in [3.05, 3.63) is 87.4 Å². The molecule has 3 heterocycles. The number of piperazine rings is 1. The molecule has 3 aromatic rings. The van der Waals surface area contributed by atoms with Crippen molar-refractivity contribution in [2.24, 2.45) is 0 Å². The third kappa shape index (κ3) is 5.48. The van der Waals surface area contributed by atoms with Gasteiger partial charge in [-0.15, -0.1) is 0 Å². The van der Waals surface area contributed by atoms with E-state index in [1.165, 1.54) is 6.08 Å². The van der Waals surface area contributed by atoms with Crippen molar-refractivity contribution in [1.82, 2.24) is 9.80 Å². The van der Waals surface area contributed by atoms with E-state index in [1.54, 1.807) is 46.6 Å². The SMILES string of the molecule is COc1cc2c(cc1OC)[C@@H]1[C@@H]3Cc4cc(OC)c(OC)cc4[C@H](COC(=O)/C=C/c4ccc(Cl)cc4)N3[C@@H](C#N)[C@H](C2)N1C. The lowest BCUT2D eigenvalue weighted by molar-refractivity contribution is -0.143. The first-order chi connectivity index (χ1) is 21.8. The summed E-state index contributed by atoms with van der Waals surface area (Å²) >= 11 is 6.00. The van der Waals surface area contributed by atoms with Crippen LogP contribution in [0.2, 0.25) is 5.02 Å². The number of hydrogen-bond acceptors (Lipinski definition) is 9. The van der Waals surface area contributed by atoms with Crippen LogP contribution in [0, 0.1) is 11.3 Å². The van der Waals surface area contributed by atoms with E-state index < -0.39 is 18.1 Å². The molecule has 0 amide bonds. The highest BCUT2D eigenvalue weighted by Gasteiger charge is 2.54. The number of fused-ring (bicyclic) bond motifs is 7. The molecule has 3 aliphatic rings. The maximum atomic E-state index is 13.0. The van der Waals surface area contributed by atoms with E-state index in [4.69, 9.17) is 35.3 Å². The molecule has 0 saturated carbocycles. The van der Waals surface area contributed by atoms with Crippen molar-refractivity contribution in [2.45, 2.75) is 43.1 Å². The number of likely N-dealkylation sites (N-methyl/N-ethyl adjacent to an activating group) is 1. The number of carbonyl (C=O) groups is 1. The minimum Gasteiger partial charge on any atom is -0.493 e. The molecule has 9 nitrogen and oxygen atoms in total. The van der Waals surface area contributed by atoms with E-state index in [9.17, 15) is 10.1 Å². The Hall–Kier alpha value is -4.23. The minimum absolute atomic E-state index is 0.0487. The van der Waals surface area contributed by atoms with Gasteiger partial charge in [0.05, 0.1) is 46.6 Å². The van der Waals surface area contributed by atoms with Gasteiger partial charge in [0.2, 0.25) is 0 Å². The Labute approximate surface area is 268 Å². The molecule has 0 radical (unpaired) electrons. The van der Waals surface area contributed by atoms with Crippen LogP contribution in [-0.2, 0) is 22.4 Å². The highest BCUT2D eigenvalue weighted by molar-refractivity contribution is 6.30. The molecule has 0 N–H and O–H groups in total. The molecule has 0 aliphatic carbocycles. The lowest BCUT2D eigenvalue weighted by Crippen LogP contribution is -2.68. The third-order valence-corrected chi connectivity index (χ3v) is 9.63. The zero-order valence-electron chi connectivity index (χ0n) is 26.0. The average molecular weight is 630 g/mol. The number of halogens is 1. The number of esters is 1. The van der Waals surface area contributed by atoms with Crippen LogP contribution in [-0.4, -0.2) is 76.0 Å². The molecule has 0 unspecified atom stereocenters. The standard InChI is InChI=1S/C35H36ClN3O6/c1-38-26-12-22-15-31(42-3)33(44-5)17-25(22)35(38)27-13-21-14-30(41-2)32(43-4)16-24(21)29(39(27)28(26)18-37)19-45-34(40)11-8-20-6-9-23(36)10-7-20/h6-11,14-17,26-29,35H,12-13,19H2,1-5H3/b11-8+/t26-,27-,28-,29-,35+/m0/s1. The van der Waals surface area contributed by atoms with Crippen LogP contribution in [0.4, 0.5) is 0 Å². The van der Waals surface area contributed by atoms with Crippen molar-refractivity contribution < 1.29 is 28.5 Å². The molecule has 234 valence electrons. The fraction of sp³-hybridized carbons (Fsp3) is 0.371. The Morgan fingerprint density at radius 3 is 2.04 bits per heavy atom. The Kier molecular flexibility index (Phi) is 8.65. The summed E-state index contributed by atoms with van der Waals surface area (Å²) in [5.74, 6) is 2.07.